The van der Waals surface area contributed by atoms with Crippen molar-refractivity contribution in [2.75, 3.05) is 19.6 Å². The number of hydrogen-bond acceptors (Lipinski definition) is 5. The van der Waals surface area contributed by atoms with Crippen LogP contribution in [0.2, 0.25) is 0 Å². The van der Waals surface area contributed by atoms with Crippen molar-refractivity contribution >= 4 is 5.91 Å². The van der Waals surface area contributed by atoms with E-state index in [1.807, 2.05) is 26.0 Å². The quantitative estimate of drug-likeness (QED) is 0.790. The van der Waals surface area contributed by atoms with Gasteiger partial charge in [0.2, 0.25) is 0 Å². The monoisotopic (exact) mass is 341 g/mol. The highest BCUT2D eigenvalue weighted by molar-refractivity contribution is 5.97. The summed E-state index contributed by atoms with van der Waals surface area (Å²) >= 11 is 0. The Balaban J connectivity index is 1.65. The second kappa shape index (κ2) is 7.98. The minimum absolute atomic E-state index is 0.131. The first-order valence-electron chi connectivity index (χ1n) is 8.45. The smallest absolute Gasteiger partial charge is 0.255 e. The van der Waals surface area contributed by atoms with Crippen LogP contribution in [0.3, 0.4) is 0 Å². The van der Waals surface area contributed by atoms with Crippen LogP contribution in [-0.4, -0.2) is 30.7 Å². The van der Waals surface area contributed by atoms with Gasteiger partial charge in [-0.05, 0) is 38.9 Å². The Kier molecular flexibility index (Phi) is 5.50. The molecule has 6 nitrogen and oxygen atoms in total. The molecule has 25 heavy (non-hydrogen) atoms. The maximum Gasteiger partial charge on any atom is 0.255 e. The summed E-state index contributed by atoms with van der Waals surface area (Å²) in [5.74, 6) is 1.16. The zero-order valence-corrected chi connectivity index (χ0v) is 14.6. The lowest BCUT2D eigenvalue weighted by Gasteiger charge is -2.15. The minimum atomic E-state index is -0.131. The molecule has 0 aliphatic carbocycles. The zero-order valence-electron chi connectivity index (χ0n) is 14.6. The first kappa shape index (κ1) is 17.2. The molecule has 0 spiro atoms. The normalized spacial score (nSPS) is 14.1. The molecule has 0 atom stereocenters. The maximum atomic E-state index is 12.5. The van der Waals surface area contributed by atoms with E-state index in [1.54, 1.807) is 12.1 Å². The molecule has 0 unspecified atom stereocenters. The van der Waals surface area contributed by atoms with E-state index in [0.717, 1.165) is 36.5 Å². The Morgan fingerprint density at radius 2 is 2.20 bits per heavy atom. The van der Waals surface area contributed by atoms with Gasteiger partial charge in [0.1, 0.15) is 18.1 Å². The van der Waals surface area contributed by atoms with Gasteiger partial charge in [-0.15, -0.1) is 0 Å². The summed E-state index contributed by atoms with van der Waals surface area (Å²) in [6.07, 6.45) is 3.09. The highest BCUT2D eigenvalue weighted by Crippen LogP contribution is 2.21. The van der Waals surface area contributed by atoms with Crippen molar-refractivity contribution in [3.63, 3.8) is 0 Å². The van der Waals surface area contributed by atoms with E-state index in [0.29, 0.717) is 24.5 Å². The first-order chi connectivity index (χ1) is 12.1. The fourth-order valence-corrected chi connectivity index (χ4v) is 2.76. The number of nitrogens with one attached hydrogen (secondary N) is 2. The third kappa shape index (κ3) is 4.28. The van der Waals surface area contributed by atoms with Gasteiger partial charge in [-0.2, -0.15) is 0 Å². The number of hydrogen-bond donors (Lipinski definition) is 2. The number of amides is 1. The molecule has 1 aliphatic heterocycles. The fourth-order valence-electron chi connectivity index (χ4n) is 2.76. The van der Waals surface area contributed by atoms with Gasteiger partial charge >= 0.3 is 0 Å². The Morgan fingerprint density at radius 1 is 1.36 bits per heavy atom. The molecule has 2 heterocycles. The van der Waals surface area contributed by atoms with Crippen LogP contribution in [0.25, 0.3) is 0 Å². The Labute approximate surface area is 147 Å². The lowest BCUT2D eigenvalue weighted by Crippen LogP contribution is -2.29. The second-order valence-corrected chi connectivity index (χ2v) is 6.09. The molecule has 1 aromatic heterocycles. The average Bonchev–Trinajstić information content (AvgIpc) is 2.97. The molecule has 6 heteroatoms. The predicted octanol–water partition coefficient (Wildman–Crippen LogP) is 2.52. The second-order valence-electron chi connectivity index (χ2n) is 6.09. The molecule has 0 bridgehead atoms. The summed E-state index contributed by atoms with van der Waals surface area (Å²) in [6.45, 7) is 6.44. The van der Waals surface area contributed by atoms with E-state index in [9.17, 15) is 4.79 Å². The van der Waals surface area contributed by atoms with Crippen molar-refractivity contribution in [3.05, 3.63) is 58.5 Å². The number of carbonyl (C=O) groups excluding carboxylic acids is 1. The van der Waals surface area contributed by atoms with E-state index in [-0.39, 0.29) is 5.91 Å². The average molecular weight is 341 g/mol. The summed E-state index contributed by atoms with van der Waals surface area (Å²) in [7, 11) is 0. The first-order valence-corrected chi connectivity index (χ1v) is 8.45. The van der Waals surface area contributed by atoms with E-state index < -0.39 is 0 Å². The molecule has 1 amide bonds. The van der Waals surface area contributed by atoms with E-state index in [1.165, 1.54) is 5.57 Å². The topological polar surface area (TPSA) is 76.4 Å². The minimum Gasteiger partial charge on any atom is -0.488 e. The highest BCUT2D eigenvalue weighted by atomic mass is 16.5. The molecule has 0 fully saturated rings. The van der Waals surface area contributed by atoms with Crippen molar-refractivity contribution in [2.24, 2.45) is 0 Å². The SMILES string of the molecule is Cc1noc(C)c1COc1ccccc1C(=O)NCC1=CCNCC1. The molecule has 2 N–H and O–H groups in total. The van der Waals surface area contributed by atoms with Gasteiger partial charge in [-0.25, -0.2) is 0 Å². The van der Waals surface area contributed by atoms with Crippen molar-refractivity contribution in [2.45, 2.75) is 26.9 Å². The number of ether oxygens (including phenoxy) is 1. The van der Waals surface area contributed by atoms with Crippen LogP contribution in [-0.2, 0) is 6.61 Å². The van der Waals surface area contributed by atoms with Crippen molar-refractivity contribution < 1.29 is 14.1 Å². The van der Waals surface area contributed by atoms with Crippen LogP contribution in [0.15, 0.2) is 40.4 Å². The lowest BCUT2D eigenvalue weighted by atomic mass is 10.1. The molecule has 1 aliphatic rings. The number of para-hydroxylation sites is 1. The summed E-state index contributed by atoms with van der Waals surface area (Å²) < 4.78 is 11.0. The maximum absolute atomic E-state index is 12.5. The lowest BCUT2D eigenvalue weighted by molar-refractivity contribution is 0.0952. The van der Waals surface area contributed by atoms with Gasteiger partial charge < -0.3 is 19.9 Å². The number of aryl methyl sites for hydroxylation is 2. The van der Waals surface area contributed by atoms with Gasteiger partial charge in [-0.1, -0.05) is 28.9 Å². The Bertz CT molecular complexity index is 760. The van der Waals surface area contributed by atoms with Gasteiger partial charge in [-0.3, -0.25) is 4.79 Å². The Morgan fingerprint density at radius 3 is 2.92 bits per heavy atom. The van der Waals surface area contributed by atoms with Gasteiger partial charge in [0.15, 0.2) is 0 Å². The van der Waals surface area contributed by atoms with Crippen LogP contribution in [0.1, 0.15) is 33.8 Å². The number of benzene rings is 1. The summed E-state index contributed by atoms with van der Waals surface area (Å²) in [5.41, 5.74) is 3.50. The van der Waals surface area contributed by atoms with Crippen LogP contribution in [0.4, 0.5) is 0 Å². The van der Waals surface area contributed by atoms with Gasteiger partial charge in [0.05, 0.1) is 16.8 Å². The van der Waals surface area contributed by atoms with Crippen LogP contribution >= 0.6 is 0 Å². The van der Waals surface area contributed by atoms with E-state index >= 15 is 0 Å². The number of nitrogens with zero attached hydrogens (tertiary/aromatic N) is 1. The van der Waals surface area contributed by atoms with Crippen molar-refractivity contribution in [1.29, 1.82) is 0 Å². The number of rotatable bonds is 6. The largest absolute Gasteiger partial charge is 0.488 e. The van der Waals surface area contributed by atoms with Gasteiger partial charge in [0.25, 0.3) is 5.91 Å². The molecule has 1 aromatic carbocycles. The van der Waals surface area contributed by atoms with Crippen LogP contribution in [0.5, 0.6) is 5.75 Å². The Hall–Kier alpha value is -2.60. The molecule has 132 valence electrons. The fraction of sp³-hybridized carbons (Fsp3) is 0.368. The van der Waals surface area contributed by atoms with E-state index in [2.05, 4.69) is 21.9 Å². The molecule has 0 saturated heterocycles. The van der Waals surface area contributed by atoms with E-state index in [4.69, 9.17) is 9.26 Å². The number of aromatic nitrogens is 1. The summed E-state index contributed by atoms with van der Waals surface area (Å²) in [4.78, 5) is 12.5. The third-order valence-corrected chi connectivity index (χ3v) is 4.32. The van der Waals surface area contributed by atoms with Crippen LogP contribution < -0.4 is 15.4 Å². The standard InChI is InChI=1S/C19H23N3O3/c1-13-17(14(2)25-22-13)12-24-18-6-4-3-5-16(18)19(23)21-11-15-7-9-20-10-8-15/h3-7,20H,8-12H2,1-2H3,(H,21,23). The van der Waals surface area contributed by atoms with Crippen molar-refractivity contribution in [3.8, 4) is 5.75 Å². The van der Waals surface area contributed by atoms with Crippen LogP contribution in [0, 0.1) is 13.8 Å². The zero-order chi connectivity index (χ0) is 17.6. The van der Waals surface area contributed by atoms with Gasteiger partial charge in [0, 0.05) is 13.1 Å². The molecule has 0 radical (unpaired) electrons. The third-order valence-electron chi connectivity index (χ3n) is 4.32. The van der Waals surface area contributed by atoms with Crippen molar-refractivity contribution in [1.82, 2.24) is 15.8 Å². The molecule has 3 rings (SSSR count). The highest BCUT2D eigenvalue weighted by Gasteiger charge is 2.15. The number of carbonyl (C=O) groups is 1. The molecule has 0 saturated carbocycles. The summed E-state index contributed by atoms with van der Waals surface area (Å²) in [5, 5.41) is 10.2. The molecular formula is C19H23N3O3. The molecule has 2 aromatic rings. The predicted molar refractivity (Wildman–Crippen MR) is 94.7 cm³/mol. The molecular weight excluding hydrogens is 318 g/mol. The summed E-state index contributed by atoms with van der Waals surface area (Å²) in [6, 6.07) is 7.27.